The Kier molecular flexibility index (Phi) is 5.08. The van der Waals surface area contributed by atoms with Crippen LogP contribution in [-0.4, -0.2) is 34.3 Å². The number of hydrogen-bond acceptors (Lipinski definition) is 6. The van der Waals surface area contributed by atoms with Crippen LogP contribution in [0.5, 0.6) is 0 Å². The van der Waals surface area contributed by atoms with Gasteiger partial charge in [0.2, 0.25) is 5.89 Å². The Hall–Kier alpha value is -1.63. The molecule has 0 aliphatic heterocycles. The first-order chi connectivity index (χ1) is 8.45. The van der Waals surface area contributed by atoms with E-state index in [0.29, 0.717) is 18.1 Å². The van der Waals surface area contributed by atoms with E-state index in [1.807, 2.05) is 13.8 Å². The van der Waals surface area contributed by atoms with Gasteiger partial charge in [0.25, 0.3) is 0 Å². The van der Waals surface area contributed by atoms with Crippen molar-refractivity contribution in [2.75, 3.05) is 13.1 Å². The van der Waals surface area contributed by atoms with E-state index in [1.54, 1.807) is 6.92 Å². The topological polar surface area (TPSA) is 110 Å². The minimum Gasteiger partial charge on any atom is -0.409 e. The van der Waals surface area contributed by atoms with Gasteiger partial charge in [-0.2, -0.15) is 4.98 Å². The molecule has 0 fully saturated rings. The molecule has 1 heterocycles. The third kappa shape index (κ3) is 4.33. The lowest BCUT2D eigenvalue weighted by molar-refractivity contribution is 0.305. The lowest BCUT2D eigenvalue weighted by Gasteiger charge is -2.22. The number of nitrogens with two attached hydrogens (primary N) is 1. The Morgan fingerprint density at radius 1 is 1.50 bits per heavy atom. The van der Waals surface area contributed by atoms with Gasteiger partial charge in [-0.25, -0.2) is 0 Å². The molecule has 0 aliphatic carbocycles. The lowest BCUT2D eigenvalue weighted by Crippen LogP contribution is -2.35. The fourth-order valence-electron chi connectivity index (χ4n) is 1.43. The van der Waals surface area contributed by atoms with E-state index in [0.717, 1.165) is 19.5 Å². The Labute approximate surface area is 106 Å². The summed E-state index contributed by atoms with van der Waals surface area (Å²) in [4.78, 5) is 4.11. The molecule has 0 atom stereocenters. The van der Waals surface area contributed by atoms with Crippen molar-refractivity contribution in [3.8, 4) is 0 Å². The second-order valence-corrected chi connectivity index (χ2v) is 4.85. The van der Waals surface area contributed by atoms with Crippen molar-refractivity contribution in [1.29, 1.82) is 0 Å². The molecule has 7 nitrogen and oxygen atoms in total. The fraction of sp³-hybridized carbons (Fsp3) is 0.727. The predicted molar refractivity (Wildman–Crippen MR) is 67.4 cm³/mol. The Balaban J connectivity index is 2.19. The monoisotopic (exact) mass is 255 g/mol. The highest BCUT2D eigenvalue weighted by molar-refractivity contribution is 5.85. The van der Waals surface area contributed by atoms with Crippen LogP contribution >= 0.6 is 0 Å². The Morgan fingerprint density at radius 2 is 2.22 bits per heavy atom. The van der Waals surface area contributed by atoms with Gasteiger partial charge >= 0.3 is 0 Å². The van der Waals surface area contributed by atoms with Gasteiger partial charge in [0.1, 0.15) is 5.84 Å². The molecule has 0 saturated carbocycles. The van der Waals surface area contributed by atoms with Crippen LogP contribution in [0.15, 0.2) is 9.68 Å². The van der Waals surface area contributed by atoms with Gasteiger partial charge < -0.3 is 20.8 Å². The zero-order valence-electron chi connectivity index (χ0n) is 11.1. The molecule has 0 aromatic carbocycles. The summed E-state index contributed by atoms with van der Waals surface area (Å²) in [6.07, 6.45) is 1.48. The molecule has 0 spiro atoms. The smallest absolute Gasteiger partial charge is 0.227 e. The summed E-state index contributed by atoms with van der Waals surface area (Å²) >= 11 is 0. The minimum absolute atomic E-state index is 0.247. The number of rotatable bonds is 7. The van der Waals surface area contributed by atoms with Crippen molar-refractivity contribution in [3.05, 3.63) is 11.7 Å². The van der Waals surface area contributed by atoms with Gasteiger partial charge in [0.05, 0.1) is 0 Å². The normalized spacial score (nSPS) is 12.9. The molecule has 0 amide bonds. The number of nitrogens with zero attached hydrogens (tertiary/aromatic N) is 3. The first-order valence-corrected chi connectivity index (χ1v) is 5.93. The summed E-state index contributed by atoms with van der Waals surface area (Å²) in [7, 11) is 0. The quantitative estimate of drug-likeness (QED) is 0.217. The summed E-state index contributed by atoms with van der Waals surface area (Å²) in [6.45, 7) is 7.19. The number of oxime groups is 1. The number of aryl methyl sites for hydroxylation is 1. The van der Waals surface area contributed by atoms with Crippen molar-refractivity contribution in [2.24, 2.45) is 16.3 Å². The third-order valence-corrected chi connectivity index (χ3v) is 2.81. The maximum atomic E-state index is 8.64. The second-order valence-electron chi connectivity index (χ2n) is 4.85. The van der Waals surface area contributed by atoms with Crippen LogP contribution in [0, 0.1) is 12.3 Å². The van der Waals surface area contributed by atoms with E-state index in [1.165, 1.54) is 0 Å². The first kappa shape index (κ1) is 14.4. The van der Waals surface area contributed by atoms with Crippen molar-refractivity contribution >= 4 is 5.84 Å². The molecule has 0 saturated heterocycles. The number of hydrogen-bond donors (Lipinski definition) is 3. The van der Waals surface area contributed by atoms with E-state index < -0.39 is 0 Å². The zero-order valence-corrected chi connectivity index (χ0v) is 11.1. The summed E-state index contributed by atoms with van der Waals surface area (Å²) in [6, 6.07) is 0. The predicted octanol–water partition coefficient (Wildman–Crippen LogP) is 0.673. The fourth-order valence-corrected chi connectivity index (χ4v) is 1.43. The molecule has 0 aliphatic rings. The van der Waals surface area contributed by atoms with Crippen LogP contribution in [-0.2, 0) is 6.42 Å². The molecule has 102 valence electrons. The van der Waals surface area contributed by atoms with E-state index in [2.05, 4.69) is 20.6 Å². The Bertz CT molecular complexity index is 400. The van der Waals surface area contributed by atoms with Crippen molar-refractivity contribution in [2.45, 2.75) is 33.6 Å². The maximum Gasteiger partial charge on any atom is 0.227 e. The third-order valence-electron chi connectivity index (χ3n) is 2.81. The molecular formula is C11H21N5O2. The Morgan fingerprint density at radius 3 is 2.78 bits per heavy atom. The minimum atomic E-state index is -0.317. The van der Waals surface area contributed by atoms with E-state index in [9.17, 15) is 0 Å². The standard InChI is InChI=1S/C11H21N5O2/c1-8-14-9(18-16-8)4-6-13-7-5-11(2,3)10(12)15-17/h13,17H,4-7H2,1-3H3,(H2,12,15). The number of aromatic nitrogens is 2. The van der Waals surface area contributed by atoms with Gasteiger partial charge in [-0.15, -0.1) is 0 Å². The van der Waals surface area contributed by atoms with E-state index in [4.69, 9.17) is 15.5 Å². The molecule has 1 aromatic rings. The van der Waals surface area contributed by atoms with E-state index >= 15 is 0 Å². The SMILES string of the molecule is Cc1noc(CCNCCC(C)(C)C(N)=NO)n1. The molecule has 1 rings (SSSR count). The molecule has 18 heavy (non-hydrogen) atoms. The second kappa shape index (κ2) is 6.34. The largest absolute Gasteiger partial charge is 0.409 e. The van der Waals surface area contributed by atoms with E-state index in [-0.39, 0.29) is 11.3 Å². The first-order valence-electron chi connectivity index (χ1n) is 5.93. The summed E-state index contributed by atoms with van der Waals surface area (Å²) in [5, 5.41) is 18.7. The lowest BCUT2D eigenvalue weighted by atomic mass is 9.88. The molecule has 0 bridgehead atoms. The summed E-state index contributed by atoms with van der Waals surface area (Å²) in [5.74, 6) is 1.53. The van der Waals surface area contributed by atoms with Crippen LogP contribution in [0.2, 0.25) is 0 Å². The van der Waals surface area contributed by atoms with Crippen LogP contribution in [0.25, 0.3) is 0 Å². The van der Waals surface area contributed by atoms with Crippen molar-refractivity contribution in [3.63, 3.8) is 0 Å². The molecule has 0 radical (unpaired) electrons. The average molecular weight is 255 g/mol. The van der Waals surface area contributed by atoms with Gasteiger partial charge in [-0.3, -0.25) is 0 Å². The maximum absolute atomic E-state index is 8.64. The van der Waals surface area contributed by atoms with Crippen LogP contribution in [0.3, 0.4) is 0 Å². The summed E-state index contributed by atoms with van der Waals surface area (Å²) in [5.41, 5.74) is 5.28. The molecule has 1 aromatic heterocycles. The molecular weight excluding hydrogens is 234 g/mol. The highest BCUT2D eigenvalue weighted by Crippen LogP contribution is 2.19. The highest BCUT2D eigenvalue weighted by Gasteiger charge is 2.22. The van der Waals surface area contributed by atoms with Crippen molar-refractivity contribution in [1.82, 2.24) is 15.5 Å². The van der Waals surface area contributed by atoms with Gasteiger partial charge in [-0.05, 0) is 19.9 Å². The molecule has 0 unspecified atom stereocenters. The average Bonchev–Trinajstić information content (AvgIpc) is 2.73. The molecule has 7 heteroatoms. The number of nitrogens with one attached hydrogen (secondary N) is 1. The highest BCUT2D eigenvalue weighted by atomic mass is 16.5. The van der Waals surface area contributed by atoms with Crippen LogP contribution in [0.1, 0.15) is 32.0 Å². The summed E-state index contributed by atoms with van der Waals surface area (Å²) < 4.78 is 4.99. The zero-order chi connectivity index (χ0) is 13.6. The van der Waals surface area contributed by atoms with Gasteiger partial charge in [0, 0.05) is 18.4 Å². The molecule has 4 N–H and O–H groups in total. The number of amidine groups is 1. The van der Waals surface area contributed by atoms with Crippen LogP contribution < -0.4 is 11.1 Å². The van der Waals surface area contributed by atoms with Crippen molar-refractivity contribution < 1.29 is 9.73 Å². The van der Waals surface area contributed by atoms with Gasteiger partial charge in [0.15, 0.2) is 5.82 Å². The van der Waals surface area contributed by atoms with Gasteiger partial charge in [-0.1, -0.05) is 24.2 Å². The van der Waals surface area contributed by atoms with Crippen LogP contribution in [0.4, 0.5) is 0 Å².